The highest BCUT2D eigenvalue weighted by molar-refractivity contribution is 9.46. The minimum Gasteiger partial charge on any atom is -0.314 e. The lowest BCUT2D eigenvalue weighted by atomic mass is 10.2. The van der Waals surface area contributed by atoms with E-state index in [9.17, 15) is 4.79 Å². The maximum Gasteiger partial charge on any atom is 0.290 e. The molecule has 0 aromatic carbocycles. The van der Waals surface area contributed by atoms with Crippen LogP contribution in [0.1, 0.15) is 0 Å². The molecule has 0 atom stereocenters. The second-order valence-electron chi connectivity index (χ2n) is 0.805. The lowest BCUT2D eigenvalue weighted by Gasteiger charge is -1.93. The van der Waals surface area contributed by atoms with Gasteiger partial charge in [-0.2, -0.15) is 0 Å². The molecule has 2 N–H and O–H groups in total. The van der Waals surface area contributed by atoms with Crippen molar-refractivity contribution in [2.45, 2.75) is 0 Å². The summed E-state index contributed by atoms with van der Waals surface area (Å²) in [4.78, 5) is 9.81. The van der Waals surface area contributed by atoms with Gasteiger partial charge in [0.15, 0.2) is 0 Å². The molecule has 11 heavy (non-hydrogen) atoms. The van der Waals surface area contributed by atoms with Crippen molar-refractivity contribution in [2.75, 3.05) is 0 Å². The molecule has 0 aromatic rings. The van der Waals surface area contributed by atoms with Crippen molar-refractivity contribution >= 4 is 83.5 Å². The maximum atomic E-state index is 9.81. The van der Waals surface area contributed by atoms with Crippen molar-refractivity contribution < 1.29 is 4.79 Å². The summed E-state index contributed by atoms with van der Waals surface area (Å²) in [5, 5.41) is 5.16. The summed E-state index contributed by atoms with van der Waals surface area (Å²) >= 11 is 0. The van der Waals surface area contributed by atoms with E-state index in [0.717, 1.165) is 6.19 Å². The number of carbonyl (C=O) groups is 1. The third kappa shape index (κ3) is 12.1. The zero-order valence-corrected chi connectivity index (χ0v) is 10.7. The Kier molecular flexibility index (Phi) is 14.5. The van der Waals surface area contributed by atoms with Crippen LogP contribution in [0, 0.1) is 0 Å². The van der Waals surface area contributed by atoms with Crippen LogP contribution < -0.4 is 5.14 Å². The molecule has 0 saturated heterocycles. The molecule has 0 aliphatic heterocycles. The first kappa shape index (κ1) is 13.1. The molecule has 0 unspecified atom stereocenters. The normalized spacial score (nSPS) is 9.55. The minimum atomic E-state index is 0.778. The third-order valence-corrected chi connectivity index (χ3v) is 11.8. The van der Waals surface area contributed by atoms with Gasteiger partial charge in [-0.3, -0.25) is 5.14 Å². The monoisotopic (exact) mass is 280 g/mol. The van der Waals surface area contributed by atoms with Crippen LogP contribution in [0.15, 0.2) is 0 Å². The van der Waals surface area contributed by atoms with Gasteiger partial charge in [-0.25, -0.2) is 0 Å². The highest BCUT2D eigenvalue weighted by atomic mass is 33.9. The van der Waals surface area contributed by atoms with Crippen LogP contribution in [0.4, 0.5) is 0 Å². The van der Waals surface area contributed by atoms with E-state index in [0.29, 0.717) is 0 Å². The topological polar surface area (TPSA) is 43.1 Å². The van der Waals surface area contributed by atoms with Crippen LogP contribution in [0.3, 0.4) is 0 Å². The van der Waals surface area contributed by atoms with Gasteiger partial charge in [0.25, 0.3) is 6.56 Å². The number of hydrogen-bond acceptors (Lipinski definition) is 9. The Hall–Kier alpha value is 2.14. The fourth-order valence-electron chi connectivity index (χ4n) is 0.111. The highest BCUT2D eigenvalue weighted by Gasteiger charge is 1.94. The largest absolute Gasteiger partial charge is 0.314 e. The van der Waals surface area contributed by atoms with Crippen LogP contribution in [0.25, 0.3) is 0 Å². The van der Waals surface area contributed by atoms with E-state index >= 15 is 0 Å². The predicted octanol–water partition coefficient (Wildman–Crippen LogP) is 3.29. The van der Waals surface area contributed by atoms with E-state index < -0.39 is 0 Å². The van der Waals surface area contributed by atoms with E-state index in [2.05, 4.69) is 0 Å². The fourth-order valence-corrected chi connectivity index (χ4v) is 11.7. The summed E-state index contributed by atoms with van der Waals surface area (Å²) in [6.07, 6.45) is 0.778. The van der Waals surface area contributed by atoms with E-state index in [-0.39, 0.29) is 0 Å². The third-order valence-electron chi connectivity index (χ3n) is 0.301. The Morgan fingerprint density at radius 3 is 2.36 bits per heavy atom. The van der Waals surface area contributed by atoms with Crippen molar-refractivity contribution in [1.82, 2.24) is 0 Å². The number of rotatable bonds is 8. The molecule has 0 amide bonds. The van der Waals surface area contributed by atoms with Crippen LogP contribution in [0.5, 0.6) is 0 Å². The van der Waals surface area contributed by atoms with E-state index in [1.807, 2.05) is 0 Å². The molecule has 2 nitrogen and oxygen atoms in total. The van der Waals surface area contributed by atoms with Crippen molar-refractivity contribution in [3.05, 3.63) is 0 Å². The first-order chi connectivity index (χ1) is 5.41. The van der Waals surface area contributed by atoms with Gasteiger partial charge in [0.2, 0.25) is 0 Å². The molecule has 0 aliphatic carbocycles. The van der Waals surface area contributed by atoms with Crippen LogP contribution >= 0.6 is 70.8 Å². The predicted molar refractivity (Wildman–Crippen MR) is 69.8 cm³/mol. The standard InChI is InChI=1S/CH3BNOS7/c3-6-8-10-11-9-7-5-2-1-4/h1H,3H2. The first-order valence-corrected chi connectivity index (χ1v) is 11.0. The summed E-state index contributed by atoms with van der Waals surface area (Å²) < 4.78 is 0. The number of hydrogen-bond donors (Lipinski definition) is 1. The average molecular weight is 280 g/mol. The van der Waals surface area contributed by atoms with E-state index in [1.54, 1.807) is 39.3 Å². The molecule has 10 heteroatoms. The van der Waals surface area contributed by atoms with Crippen molar-refractivity contribution in [3.8, 4) is 0 Å². The molecule has 0 fully saturated rings. The lowest BCUT2D eigenvalue weighted by Crippen LogP contribution is -1.76. The minimum absolute atomic E-state index is 0.778. The zero-order chi connectivity index (χ0) is 8.36. The van der Waals surface area contributed by atoms with E-state index in [1.165, 1.54) is 38.0 Å². The van der Waals surface area contributed by atoms with Crippen LogP contribution in [-0.2, 0) is 4.79 Å². The molecule has 0 bridgehead atoms. The van der Waals surface area contributed by atoms with Gasteiger partial charge in [0, 0.05) is 19.7 Å². The molecule has 1 radical (unpaired) electrons. The molecule has 0 aliphatic rings. The lowest BCUT2D eigenvalue weighted by molar-refractivity contribution is 0.569. The van der Waals surface area contributed by atoms with Crippen molar-refractivity contribution in [1.29, 1.82) is 0 Å². The second kappa shape index (κ2) is 12.1. The smallest absolute Gasteiger partial charge is 0.290 e. The number of carbonyl (C=O) groups excluding carboxylic acids is 1. The molecule has 0 aromatic heterocycles. The summed E-state index contributed by atoms with van der Waals surface area (Å²) in [5.41, 5.74) is 0. The molecule has 63 valence electrons. The summed E-state index contributed by atoms with van der Waals surface area (Å²) in [5.74, 6) is 0. The maximum absolute atomic E-state index is 9.81. The van der Waals surface area contributed by atoms with Gasteiger partial charge in [-0.15, -0.1) is 10.6 Å². The Bertz CT molecular complexity index is 92.5. The average Bonchev–Trinajstić information content (AvgIpc) is 2.03. The summed E-state index contributed by atoms with van der Waals surface area (Å²) in [6.45, 7) is 1.51. The summed E-state index contributed by atoms with van der Waals surface area (Å²) in [6, 6.07) is 0. The highest BCUT2D eigenvalue weighted by Crippen LogP contribution is 2.53. The molecular formula is CH3BNOS7. The summed E-state index contributed by atoms with van der Waals surface area (Å²) in [7, 11) is 10.6. The second-order valence-corrected chi connectivity index (χ2v) is 11.5. The molecule has 0 rings (SSSR count). The quantitative estimate of drug-likeness (QED) is 0.237. The molecule has 0 saturated carbocycles. The van der Waals surface area contributed by atoms with E-state index in [4.69, 9.17) is 5.14 Å². The Labute approximate surface area is 92.5 Å². The molecule has 0 spiro atoms. The van der Waals surface area contributed by atoms with Crippen molar-refractivity contribution in [2.24, 2.45) is 5.14 Å². The van der Waals surface area contributed by atoms with Gasteiger partial charge < -0.3 is 4.79 Å². The van der Waals surface area contributed by atoms with Gasteiger partial charge in [0.05, 0.1) is 6.19 Å². The zero-order valence-electron chi connectivity index (χ0n) is 5.00. The van der Waals surface area contributed by atoms with Gasteiger partial charge in [0.1, 0.15) is 0 Å². The Morgan fingerprint density at radius 1 is 1.09 bits per heavy atom. The fraction of sp³-hybridized carbons (Fsp3) is 0. The Morgan fingerprint density at radius 2 is 1.73 bits per heavy atom. The van der Waals surface area contributed by atoms with Crippen LogP contribution in [-0.4, -0.2) is 12.7 Å². The van der Waals surface area contributed by atoms with Crippen LogP contribution in [0.2, 0.25) is 0 Å². The first-order valence-electron chi connectivity index (χ1n) is 2.04. The SMILES string of the molecule is NSSSSSSS[B]C=O. The van der Waals surface area contributed by atoms with Gasteiger partial charge in [-0.1, -0.05) is 0 Å². The van der Waals surface area contributed by atoms with Gasteiger partial charge in [-0.05, 0) is 40.5 Å². The number of nitrogens with two attached hydrogens (primary N) is 1. The van der Waals surface area contributed by atoms with Crippen molar-refractivity contribution in [3.63, 3.8) is 0 Å². The molecular weight excluding hydrogens is 277 g/mol. The van der Waals surface area contributed by atoms with Gasteiger partial charge >= 0.3 is 0 Å². The molecule has 0 heterocycles. The Balaban J connectivity index is 2.74.